The summed E-state index contributed by atoms with van der Waals surface area (Å²) >= 11 is 0. The van der Waals surface area contributed by atoms with Crippen molar-refractivity contribution in [3.63, 3.8) is 0 Å². The first-order valence-corrected chi connectivity index (χ1v) is 11.4. The Labute approximate surface area is 195 Å². The molecule has 1 aliphatic carbocycles. The van der Waals surface area contributed by atoms with Crippen LogP contribution in [0.4, 0.5) is 24.8 Å². The third kappa shape index (κ3) is 5.13. The van der Waals surface area contributed by atoms with Gasteiger partial charge in [0, 0.05) is 11.7 Å². The fourth-order valence-corrected chi connectivity index (χ4v) is 4.97. The second-order valence-corrected chi connectivity index (χ2v) is 9.40. The highest BCUT2D eigenvalue weighted by molar-refractivity contribution is 5.93. The average molecular weight is 476 g/mol. The summed E-state index contributed by atoms with van der Waals surface area (Å²) in [5, 5.41) is 12.7. The summed E-state index contributed by atoms with van der Waals surface area (Å²) in [6.45, 7) is 6.65. The fraction of sp³-hybridized carbons (Fsp3) is 0.440. The summed E-state index contributed by atoms with van der Waals surface area (Å²) in [4.78, 5) is 16.2. The molecule has 0 unspecified atom stereocenters. The van der Waals surface area contributed by atoms with E-state index in [-0.39, 0.29) is 17.4 Å². The molecule has 0 spiro atoms. The van der Waals surface area contributed by atoms with Crippen molar-refractivity contribution >= 4 is 28.6 Å². The molecular formula is C25H28F3N3O3. The van der Waals surface area contributed by atoms with E-state index in [9.17, 15) is 23.1 Å². The standard InChI is InChI=1S/C25H28F3N3O3/c1-14(2)19-10-4-15(3)12-22(19)31-21-11-5-16(23(32)33)13-20(21)30-24(31)29-17-6-8-18(9-7-17)34-25(26,27)28/h5-9,11,13-15,19,22H,4,10,12H2,1-3H3,(H,29,30)(H,32,33)/t15-,19-,22-/m1/s1. The van der Waals surface area contributed by atoms with Crippen LogP contribution < -0.4 is 10.1 Å². The number of carboxylic acid groups (broad SMARTS) is 1. The maximum atomic E-state index is 12.5. The minimum absolute atomic E-state index is 0.148. The number of hydrogen-bond acceptors (Lipinski definition) is 4. The first-order chi connectivity index (χ1) is 16.0. The number of rotatable bonds is 6. The van der Waals surface area contributed by atoms with Gasteiger partial charge in [0.1, 0.15) is 5.75 Å². The number of carbonyl (C=O) groups is 1. The highest BCUT2D eigenvalue weighted by Gasteiger charge is 2.34. The Morgan fingerprint density at radius 1 is 1.18 bits per heavy atom. The molecule has 0 aliphatic heterocycles. The second kappa shape index (κ2) is 9.19. The van der Waals surface area contributed by atoms with Gasteiger partial charge in [-0.25, -0.2) is 9.78 Å². The van der Waals surface area contributed by atoms with Gasteiger partial charge in [0.25, 0.3) is 0 Å². The van der Waals surface area contributed by atoms with Crippen molar-refractivity contribution in [1.29, 1.82) is 0 Å². The molecule has 4 rings (SSSR count). The lowest BCUT2D eigenvalue weighted by Crippen LogP contribution is -2.30. The van der Waals surface area contributed by atoms with E-state index in [1.54, 1.807) is 18.2 Å². The zero-order valence-electron chi connectivity index (χ0n) is 19.3. The van der Waals surface area contributed by atoms with Gasteiger partial charge in [-0.05, 0) is 73.1 Å². The maximum Gasteiger partial charge on any atom is 0.573 e. The number of imidazole rings is 1. The average Bonchev–Trinajstić information content (AvgIpc) is 3.10. The van der Waals surface area contributed by atoms with Crippen molar-refractivity contribution in [2.24, 2.45) is 17.8 Å². The lowest BCUT2D eigenvalue weighted by atomic mass is 9.74. The number of halogens is 3. The van der Waals surface area contributed by atoms with E-state index in [0.717, 1.165) is 24.8 Å². The summed E-state index contributed by atoms with van der Waals surface area (Å²) in [6.07, 6.45) is -1.56. The second-order valence-electron chi connectivity index (χ2n) is 9.40. The zero-order chi connectivity index (χ0) is 24.6. The van der Waals surface area contributed by atoms with Crippen molar-refractivity contribution in [1.82, 2.24) is 9.55 Å². The highest BCUT2D eigenvalue weighted by Crippen LogP contribution is 2.44. The van der Waals surface area contributed by atoms with Crippen LogP contribution in [0.25, 0.3) is 11.0 Å². The van der Waals surface area contributed by atoms with E-state index < -0.39 is 12.3 Å². The maximum absolute atomic E-state index is 12.5. The minimum Gasteiger partial charge on any atom is -0.478 e. The quantitative estimate of drug-likeness (QED) is 0.401. The molecule has 9 heteroatoms. The Morgan fingerprint density at radius 2 is 1.88 bits per heavy atom. The van der Waals surface area contributed by atoms with Crippen molar-refractivity contribution < 1.29 is 27.8 Å². The molecule has 1 aliphatic rings. The molecule has 34 heavy (non-hydrogen) atoms. The molecule has 0 amide bonds. The summed E-state index contributed by atoms with van der Waals surface area (Å²) in [5.74, 6) is 0.584. The molecule has 2 N–H and O–H groups in total. The van der Waals surface area contributed by atoms with E-state index in [1.165, 1.54) is 24.3 Å². The number of nitrogens with one attached hydrogen (secondary N) is 1. The minimum atomic E-state index is -4.76. The lowest BCUT2D eigenvalue weighted by molar-refractivity contribution is -0.274. The van der Waals surface area contributed by atoms with Crippen LogP contribution >= 0.6 is 0 Å². The van der Waals surface area contributed by atoms with Gasteiger partial charge in [-0.3, -0.25) is 0 Å². The number of nitrogens with zero attached hydrogens (tertiary/aromatic N) is 2. The SMILES string of the molecule is CC(C)[C@H]1CC[C@@H](C)C[C@H]1n1c(Nc2ccc(OC(F)(F)F)cc2)nc2cc(C(=O)O)ccc21. The molecule has 1 saturated carbocycles. The van der Waals surface area contributed by atoms with E-state index in [4.69, 9.17) is 4.98 Å². The third-order valence-electron chi connectivity index (χ3n) is 6.60. The van der Waals surface area contributed by atoms with Crippen LogP contribution in [0.15, 0.2) is 42.5 Å². The molecule has 0 radical (unpaired) electrons. The highest BCUT2D eigenvalue weighted by atomic mass is 19.4. The number of fused-ring (bicyclic) bond motifs is 1. The van der Waals surface area contributed by atoms with Crippen molar-refractivity contribution in [3.05, 3.63) is 48.0 Å². The zero-order valence-corrected chi connectivity index (χ0v) is 19.3. The predicted octanol–water partition coefficient (Wildman–Crippen LogP) is 7.01. The lowest BCUT2D eigenvalue weighted by Gasteiger charge is -2.39. The summed E-state index contributed by atoms with van der Waals surface area (Å²) < 4.78 is 43.6. The van der Waals surface area contributed by atoms with Crippen molar-refractivity contribution in [2.45, 2.75) is 52.4 Å². The molecule has 0 saturated heterocycles. The van der Waals surface area contributed by atoms with Crippen LogP contribution in [0, 0.1) is 17.8 Å². The normalized spacial score (nSPS) is 21.1. The number of ether oxygens (including phenoxy) is 1. The van der Waals surface area contributed by atoms with Gasteiger partial charge in [0.2, 0.25) is 5.95 Å². The largest absolute Gasteiger partial charge is 0.573 e. The molecule has 182 valence electrons. The Bertz CT molecular complexity index is 1170. The molecule has 1 aromatic heterocycles. The van der Waals surface area contributed by atoms with Crippen molar-refractivity contribution in [2.75, 3.05) is 5.32 Å². The molecular weight excluding hydrogens is 447 g/mol. The van der Waals surface area contributed by atoms with Gasteiger partial charge in [0.05, 0.1) is 16.6 Å². The molecule has 6 nitrogen and oxygen atoms in total. The van der Waals surface area contributed by atoms with Crippen molar-refractivity contribution in [3.8, 4) is 5.75 Å². The van der Waals surface area contributed by atoms with Crippen LogP contribution in [0.1, 0.15) is 56.4 Å². The smallest absolute Gasteiger partial charge is 0.478 e. The van der Waals surface area contributed by atoms with Gasteiger partial charge in [-0.2, -0.15) is 0 Å². The Kier molecular flexibility index (Phi) is 6.47. The van der Waals surface area contributed by atoms with Gasteiger partial charge >= 0.3 is 12.3 Å². The number of alkyl halides is 3. The Morgan fingerprint density at radius 3 is 2.50 bits per heavy atom. The predicted molar refractivity (Wildman–Crippen MR) is 123 cm³/mol. The van der Waals surface area contributed by atoms with E-state index in [2.05, 4.69) is 35.4 Å². The Balaban J connectivity index is 1.76. The number of benzene rings is 2. The monoisotopic (exact) mass is 475 g/mol. The van der Waals surface area contributed by atoms with Crippen LogP contribution in [0.5, 0.6) is 5.75 Å². The van der Waals surface area contributed by atoms with Crippen LogP contribution in [0.3, 0.4) is 0 Å². The van der Waals surface area contributed by atoms with E-state index in [0.29, 0.717) is 34.9 Å². The fourth-order valence-electron chi connectivity index (χ4n) is 4.97. The van der Waals surface area contributed by atoms with Crippen LogP contribution in [-0.4, -0.2) is 27.0 Å². The van der Waals surface area contributed by atoms with E-state index >= 15 is 0 Å². The van der Waals surface area contributed by atoms with Crippen LogP contribution in [0.2, 0.25) is 0 Å². The van der Waals surface area contributed by atoms with Gasteiger partial charge in [0.15, 0.2) is 0 Å². The van der Waals surface area contributed by atoms with Gasteiger partial charge in [-0.1, -0.05) is 27.2 Å². The summed E-state index contributed by atoms with van der Waals surface area (Å²) in [5.41, 5.74) is 2.08. The number of hydrogen-bond donors (Lipinski definition) is 2. The summed E-state index contributed by atoms with van der Waals surface area (Å²) in [7, 11) is 0. The first-order valence-electron chi connectivity index (χ1n) is 11.4. The molecule has 1 heterocycles. The molecule has 0 bridgehead atoms. The first kappa shape index (κ1) is 23.9. The molecule has 2 aromatic carbocycles. The number of aromatic nitrogens is 2. The van der Waals surface area contributed by atoms with Gasteiger partial charge < -0.3 is 19.7 Å². The third-order valence-corrected chi connectivity index (χ3v) is 6.60. The van der Waals surface area contributed by atoms with E-state index in [1.807, 2.05) is 0 Å². The molecule has 3 aromatic rings. The van der Waals surface area contributed by atoms with Gasteiger partial charge in [-0.15, -0.1) is 13.2 Å². The Hall–Kier alpha value is -3.23. The molecule has 1 fully saturated rings. The van der Waals surface area contributed by atoms with Crippen LogP contribution in [-0.2, 0) is 0 Å². The number of aromatic carboxylic acids is 1. The topological polar surface area (TPSA) is 76.4 Å². The summed E-state index contributed by atoms with van der Waals surface area (Å²) in [6, 6.07) is 10.5. The number of carboxylic acids is 1. The molecule has 3 atom stereocenters. The number of anilines is 2.